The molecule has 0 aliphatic heterocycles. The molecular formula is C15H22N2. The highest BCUT2D eigenvalue weighted by Crippen LogP contribution is 2.30. The molecule has 0 aliphatic rings. The Balaban J connectivity index is 2.71. The molecule has 92 valence electrons. The lowest BCUT2D eigenvalue weighted by Gasteiger charge is -2.19. The predicted molar refractivity (Wildman–Crippen MR) is 73.5 cm³/mol. The zero-order valence-electron chi connectivity index (χ0n) is 11.7. The van der Waals surface area contributed by atoms with Crippen LogP contribution in [0.15, 0.2) is 18.2 Å². The van der Waals surface area contributed by atoms with Crippen LogP contribution in [-0.4, -0.2) is 9.78 Å². The molecule has 0 unspecified atom stereocenters. The fourth-order valence-electron chi connectivity index (χ4n) is 2.19. The normalized spacial score (nSPS) is 12.6. The summed E-state index contributed by atoms with van der Waals surface area (Å²) >= 11 is 0. The molecule has 2 nitrogen and oxygen atoms in total. The maximum absolute atomic E-state index is 4.63. The Morgan fingerprint density at radius 3 is 2.35 bits per heavy atom. The van der Waals surface area contributed by atoms with Crippen LogP contribution >= 0.6 is 0 Å². The van der Waals surface area contributed by atoms with Crippen molar-refractivity contribution in [3.63, 3.8) is 0 Å². The average Bonchev–Trinajstić information content (AvgIpc) is 2.54. The Hall–Kier alpha value is -1.31. The van der Waals surface area contributed by atoms with Gasteiger partial charge in [0.05, 0.1) is 11.2 Å². The standard InChI is InChI=1S/C15H22N2/c1-10(2)14-12-9-11(15(3,4)5)7-8-13(12)17(6)16-14/h7-10H,1-6H3. The van der Waals surface area contributed by atoms with E-state index in [1.807, 2.05) is 11.7 Å². The third kappa shape index (κ3) is 2.08. The molecule has 0 amide bonds. The summed E-state index contributed by atoms with van der Waals surface area (Å²) in [4.78, 5) is 0. The maximum Gasteiger partial charge on any atom is 0.0728 e. The second-order valence-corrected chi connectivity index (χ2v) is 6.15. The van der Waals surface area contributed by atoms with Crippen LogP contribution in [0.4, 0.5) is 0 Å². The predicted octanol–water partition coefficient (Wildman–Crippen LogP) is 3.99. The van der Waals surface area contributed by atoms with Gasteiger partial charge in [-0.05, 0) is 29.0 Å². The summed E-state index contributed by atoms with van der Waals surface area (Å²) < 4.78 is 1.98. The van der Waals surface area contributed by atoms with Crippen molar-refractivity contribution in [2.24, 2.45) is 7.05 Å². The molecule has 1 aromatic heterocycles. The van der Waals surface area contributed by atoms with E-state index in [-0.39, 0.29) is 5.41 Å². The van der Waals surface area contributed by atoms with E-state index in [0.717, 1.165) is 0 Å². The van der Waals surface area contributed by atoms with Crippen LogP contribution in [-0.2, 0) is 12.5 Å². The lowest BCUT2D eigenvalue weighted by Crippen LogP contribution is -2.10. The summed E-state index contributed by atoms with van der Waals surface area (Å²) in [7, 11) is 2.02. The minimum Gasteiger partial charge on any atom is -0.268 e. The van der Waals surface area contributed by atoms with Crippen LogP contribution in [0.3, 0.4) is 0 Å². The van der Waals surface area contributed by atoms with Crippen molar-refractivity contribution < 1.29 is 0 Å². The molecule has 0 N–H and O–H groups in total. The Bertz CT molecular complexity index is 542. The zero-order chi connectivity index (χ0) is 12.8. The third-order valence-electron chi connectivity index (χ3n) is 3.29. The number of fused-ring (bicyclic) bond motifs is 1. The number of rotatable bonds is 1. The number of aryl methyl sites for hydroxylation is 1. The summed E-state index contributed by atoms with van der Waals surface area (Å²) in [6.07, 6.45) is 0. The van der Waals surface area contributed by atoms with Crippen molar-refractivity contribution in [3.05, 3.63) is 29.5 Å². The first-order chi connectivity index (χ1) is 7.80. The molecule has 0 saturated heterocycles. The van der Waals surface area contributed by atoms with Crippen molar-refractivity contribution in [1.29, 1.82) is 0 Å². The van der Waals surface area contributed by atoms with Crippen molar-refractivity contribution in [3.8, 4) is 0 Å². The monoisotopic (exact) mass is 230 g/mol. The lowest BCUT2D eigenvalue weighted by atomic mass is 9.86. The van der Waals surface area contributed by atoms with Gasteiger partial charge in [0, 0.05) is 12.4 Å². The fraction of sp³-hybridized carbons (Fsp3) is 0.533. The summed E-state index contributed by atoms with van der Waals surface area (Å²) in [5.74, 6) is 0.467. The Labute approximate surface area is 104 Å². The van der Waals surface area contributed by atoms with Gasteiger partial charge in [-0.3, -0.25) is 4.68 Å². The first-order valence-electron chi connectivity index (χ1n) is 6.28. The molecule has 2 rings (SSSR count). The number of hydrogen-bond acceptors (Lipinski definition) is 1. The zero-order valence-corrected chi connectivity index (χ0v) is 11.7. The van der Waals surface area contributed by atoms with Crippen molar-refractivity contribution in [2.75, 3.05) is 0 Å². The molecule has 1 aromatic carbocycles. The van der Waals surface area contributed by atoms with Gasteiger partial charge in [-0.1, -0.05) is 40.7 Å². The molecule has 0 atom stereocenters. The molecule has 2 aromatic rings. The molecule has 0 fully saturated rings. The molecule has 0 bridgehead atoms. The third-order valence-corrected chi connectivity index (χ3v) is 3.29. The van der Waals surface area contributed by atoms with Crippen molar-refractivity contribution >= 4 is 10.9 Å². The van der Waals surface area contributed by atoms with Gasteiger partial charge in [-0.25, -0.2) is 0 Å². The molecule has 0 saturated carbocycles. The number of benzene rings is 1. The summed E-state index contributed by atoms with van der Waals surface area (Å²) in [6, 6.07) is 6.71. The largest absolute Gasteiger partial charge is 0.268 e. The van der Waals surface area contributed by atoms with Crippen LogP contribution in [0.2, 0.25) is 0 Å². The van der Waals surface area contributed by atoms with E-state index in [2.05, 4.69) is 57.9 Å². The van der Waals surface area contributed by atoms with Gasteiger partial charge in [0.15, 0.2) is 0 Å². The minimum absolute atomic E-state index is 0.193. The van der Waals surface area contributed by atoms with E-state index in [1.165, 1.54) is 22.2 Å². The maximum atomic E-state index is 4.63. The van der Waals surface area contributed by atoms with Gasteiger partial charge in [0.1, 0.15) is 0 Å². The highest BCUT2D eigenvalue weighted by Gasteiger charge is 2.17. The Morgan fingerprint density at radius 2 is 1.82 bits per heavy atom. The summed E-state index contributed by atoms with van der Waals surface area (Å²) in [5.41, 5.74) is 3.99. The molecule has 0 radical (unpaired) electrons. The van der Waals surface area contributed by atoms with E-state index in [1.54, 1.807) is 0 Å². The van der Waals surface area contributed by atoms with Crippen LogP contribution in [0, 0.1) is 0 Å². The van der Waals surface area contributed by atoms with Gasteiger partial charge >= 0.3 is 0 Å². The smallest absolute Gasteiger partial charge is 0.0728 e. The quantitative estimate of drug-likeness (QED) is 0.724. The van der Waals surface area contributed by atoms with E-state index in [4.69, 9.17) is 0 Å². The van der Waals surface area contributed by atoms with Crippen LogP contribution < -0.4 is 0 Å². The molecule has 0 spiro atoms. The molecule has 17 heavy (non-hydrogen) atoms. The van der Waals surface area contributed by atoms with Crippen LogP contribution in [0.5, 0.6) is 0 Å². The second kappa shape index (κ2) is 3.86. The lowest BCUT2D eigenvalue weighted by molar-refractivity contribution is 0.591. The van der Waals surface area contributed by atoms with E-state index in [0.29, 0.717) is 5.92 Å². The van der Waals surface area contributed by atoms with Gasteiger partial charge < -0.3 is 0 Å². The average molecular weight is 230 g/mol. The fourth-order valence-corrected chi connectivity index (χ4v) is 2.19. The van der Waals surface area contributed by atoms with Gasteiger partial charge in [-0.15, -0.1) is 0 Å². The van der Waals surface area contributed by atoms with E-state index in [9.17, 15) is 0 Å². The summed E-state index contributed by atoms with van der Waals surface area (Å²) in [6.45, 7) is 11.1. The number of hydrogen-bond donors (Lipinski definition) is 0. The van der Waals surface area contributed by atoms with Crippen molar-refractivity contribution in [2.45, 2.75) is 46.0 Å². The number of nitrogens with zero attached hydrogens (tertiary/aromatic N) is 2. The Morgan fingerprint density at radius 1 is 1.18 bits per heavy atom. The minimum atomic E-state index is 0.193. The number of aromatic nitrogens is 2. The molecular weight excluding hydrogens is 208 g/mol. The second-order valence-electron chi connectivity index (χ2n) is 6.15. The van der Waals surface area contributed by atoms with Crippen LogP contribution in [0.1, 0.15) is 51.8 Å². The van der Waals surface area contributed by atoms with E-state index >= 15 is 0 Å². The molecule has 0 aliphatic carbocycles. The SMILES string of the molecule is CC(C)c1nn(C)c2ccc(C(C)(C)C)cc12. The van der Waals surface area contributed by atoms with E-state index < -0.39 is 0 Å². The first-order valence-corrected chi connectivity index (χ1v) is 6.28. The topological polar surface area (TPSA) is 17.8 Å². The summed E-state index contributed by atoms with van der Waals surface area (Å²) in [5, 5.41) is 5.93. The molecule has 2 heteroatoms. The van der Waals surface area contributed by atoms with Crippen molar-refractivity contribution in [1.82, 2.24) is 9.78 Å². The molecule has 1 heterocycles. The highest BCUT2D eigenvalue weighted by molar-refractivity contribution is 5.83. The van der Waals surface area contributed by atoms with Gasteiger partial charge in [0.25, 0.3) is 0 Å². The first kappa shape index (κ1) is 12.2. The Kier molecular flexibility index (Phi) is 2.76. The van der Waals surface area contributed by atoms with Gasteiger partial charge in [-0.2, -0.15) is 5.10 Å². The highest BCUT2D eigenvalue weighted by atomic mass is 15.3. The van der Waals surface area contributed by atoms with Gasteiger partial charge in [0.2, 0.25) is 0 Å². The van der Waals surface area contributed by atoms with Crippen LogP contribution in [0.25, 0.3) is 10.9 Å².